The number of aliphatic hydroxyl groups is 1. The van der Waals surface area contributed by atoms with Gasteiger partial charge in [-0.2, -0.15) is 0 Å². The maximum Gasteiger partial charge on any atom is 0.256 e. The first kappa shape index (κ1) is 16.6. The number of rotatable bonds is 4. The maximum atomic E-state index is 13.9. The molecule has 0 saturated carbocycles. The van der Waals surface area contributed by atoms with Gasteiger partial charge in [-0.05, 0) is 12.1 Å². The summed E-state index contributed by atoms with van der Waals surface area (Å²) in [6.45, 7) is -0.391. The lowest BCUT2D eigenvalue weighted by Crippen LogP contribution is -2.21. The first-order chi connectivity index (χ1) is 12.7. The number of carbonyl (C=O) groups is 1. The number of halogens is 1. The number of alkyl halides is 1. The largest absolute Gasteiger partial charge is 0.394 e. The summed E-state index contributed by atoms with van der Waals surface area (Å²) in [5, 5.41) is 11.9. The number of amides is 1. The molecule has 9 heteroatoms. The lowest BCUT2D eigenvalue weighted by Gasteiger charge is -2.13. The van der Waals surface area contributed by atoms with Crippen LogP contribution in [-0.4, -0.2) is 49.4 Å². The van der Waals surface area contributed by atoms with E-state index in [-0.39, 0.29) is 18.1 Å². The van der Waals surface area contributed by atoms with Crippen LogP contribution in [0, 0.1) is 0 Å². The van der Waals surface area contributed by atoms with Crippen LogP contribution < -0.4 is 5.32 Å². The van der Waals surface area contributed by atoms with Gasteiger partial charge >= 0.3 is 0 Å². The Bertz CT molecular complexity index is 933. The number of imidazole rings is 1. The standard InChI is InChI=1S/C17H16FN5O3/c18-11-6-13(26-12(11)7-24)23-9-21-14-15(19-8-20-16(14)23)22-17(25)10-4-2-1-3-5-10/h1-5,8-9,11-13,24H,6-7H2,(H,19,20,22,25). The molecule has 1 saturated heterocycles. The van der Waals surface area contributed by atoms with Gasteiger partial charge in [-0.3, -0.25) is 9.36 Å². The summed E-state index contributed by atoms with van der Waals surface area (Å²) < 4.78 is 21.0. The predicted molar refractivity (Wildman–Crippen MR) is 90.2 cm³/mol. The molecule has 1 fully saturated rings. The Balaban J connectivity index is 1.63. The van der Waals surface area contributed by atoms with Crippen LogP contribution in [-0.2, 0) is 4.74 Å². The van der Waals surface area contributed by atoms with Crippen molar-refractivity contribution in [3.8, 4) is 0 Å². The highest BCUT2D eigenvalue weighted by Crippen LogP contribution is 2.33. The molecule has 0 aliphatic carbocycles. The number of hydrogen-bond acceptors (Lipinski definition) is 6. The average Bonchev–Trinajstić information content (AvgIpc) is 3.26. The summed E-state index contributed by atoms with van der Waals surface area (Å²) in [5.74, 6) is -0.0578. The van der Waals surface area contributed by atoms with Crippen molar-refractivity contribution in [2.75, 3.05) is 11.9 Å². The van der Waals surface area contributed by atoms with E-state index in [1.165, 1.54) is 12.7 Å². The third-order valence-electron chi connectivity index (χ3n) is 4.28. The van der Waals surface area contributed by atoms with Crippen LogP contribution in [0.3, 0.4) is 0 Å². The predicted octanol–water partition coefficient (Wildman–Crippen LogP) is 1.70. The molecule has 4 rings (SSSR count). The van der Waals surface area contributed by atoms with Crippen LogP contribution in [0.5, 0.6) is 0 Å². The van der Waals surface area contributed by atoms with Crippen LogP contribution >= 0.6 is 0 Å². The Morgan fingerprint density at radius 1 is 1.31 bits per heavy atom. The first-order valence-corrected chi connectivity index (χ1v) is 8.11. The Morgan fingerprint density at radius 3 is 2.85 bits per heavy atom. The molecule has 1 aromatic carbocycles. The van der Waals surface area contributed by atoms with Gasteiger partial charge in [0, 0.05) is 12.0 Å². The number of nitrogens with one attached hydrogen (secondary N) is 1. The molecule has 0 bridgehead atoms. The minimum absolute atomic E-state index is 0.0897. The third-order valence-corrected chi connectivity index (χ3v) is 4.28. The van der Waals surface area contributed by atoms with Gasteiger partial charge in [0.25, 0.3) is 5.91 Å². The highest BCUT2D eigenvalue weighted by Gasteiger charge is 2.36. The highest BCUT2D eigenvalue weighted by molar-refractivity contribution is 6.06. The van der Waals surface area contributed by atoms with Crippen molar-refractivity contribution in [2.45, 2.75) is 24.9 Å². The van der Waals surface area contributed by atoms with Gasteiger partial charge in [-0.1, -0.05) is 18.2 Å². The van der Waals surface area contributed by atoms with Crippen LogP contribution in [0.15, 0.2) is 43.0 Å². The summed E-state index contributed by atoms with van der Waals surface area (Å²) in [6, 6.07) is 8.73. The molecule has 3 aromatic rings. The molecule has 8 nitrogen and oxygen atoms in total. The van der Waals surface area contributed by atoms with E-state index in [1.54, 1.807) is 28.8 Å². The highest BCUT2D eigenvalue weighted by atomic mass is 19.1. The number of hydrogen-bond donors (Lipinski definition) is 2. The number of carbonyl (C=O) groups excluding carboxylic acids is 1. The van der Waals surface area contributed by atoms with E-state index >= 15 is 0 Å². The number of nitrogens with zero attached hydrogens (tertiary/aromatic N) is 4. The van der Waals surface area contributed by atoms with E-state index in [9.17, 15) is 9.18 Å². The molecule has 1 aliphatic heterocycles. The number of anilines is 1. The second-order valence-corrected chi connectivity index (χ2v) is 5.93. The summed E-state index contributed by atoms with van der Waals surface area (Å²) in [6.07, 6.45) is 0.103. The average molecular weight is 357 g/mol. The van der Waals surface area contributed by atoms with Crippen molar-refractivity contribution in [1.29, 1.82) is 0 Å². The fourth-order valence-electron chi connectivity index (χ4n) is 2.95. The number of aromatic nitrogens is 4. The number of aliphatic hydroxyl groups excluding tert-OH is 1. The second-order valence-electron chi connectivity index (χ2n) is 5.93. The molecule has 134 valence electrons. The number of ether oxygens (including phenoxy) is 1. The zero-order chi connectivity index (χ0) is 18.1. The Kier molecular flexibility index (Phi) is 4.31. The zero-order valence-corrected chi connectivity index (χ0v) is 13.6. The van der Waals surface area contributed by atoms with E-state index in [1.807, 2.05) is 6.07 Å². The Morgan fingerprint density at radius 2 is 2.12 bits per heavy atom. The van der Waals surface area contributed by atoms with Crippen LogP contribution in [0.1, 0.15) is 23.0 Å². The fraction of sp³-hybridized carbons (Fsp3) is 0.294. The molecule has 1 aliphatic rings. The van der Waals surface area contributed by atoms with Gasteiger partial charge < -0.3 is 15.2 Å². The van der Waals surface area contributed by atoms with Crippen molar-refractivity contribution in [3.63, 3.8) is 0 Å². The van der Waals surface area contributed by atoms with Crippen molar-refractivity contribution >= 4 is 22.9 Å². The lowest BCUT2D eigenvalue weighted by atomic mass is 10.2. The minimum Gasteiger partial charge on any atom is -0.394 e. The molecule has 2 N–H and O–H groups in total. The Labute approximate surface area is 147 Å². The van der Waals surface area contributed by atoms with Crippen molar-refractivity contribution in [1.82, 2.24) is 19.5 Å². The SMILES string of the molecule is O=C(Nc1ncnc2c1ncn2C1CC(F)C(CO)O1)c1ccccc1. The summed E-state index contributed by atoms with van der Waals surface area (Å²) >= 11 is 0. The van der Waals surface area contributed by atoms with Gasteiger partial charge in [0.15, 0.2) is 17.0 Å². The summed E-state index contributed by atoms with van der Waals surface area (Å²) in [7, 11) is 0. The van der Waals surface area contributed by atoms with Gasteiger partial charge in [0.2, 0.25) is 0 Å². The molecule has 26 heavy (non-hydrogen) atoms. The monoisotopic (exact) mass is 357 g/mol. The molecule has 3 unspecified atom stereocenters. The topological polar surface area (TPSA) is 102 Å². The Hall–Kier alpha value is -2.91. The smallest absolute Gasteiger partial charge is 0.256 e. The van der Waals surface area contributed by atoms with E-state index in [0.717, 1.165) is 0 Å². The summed E-state index contributed by atoms with van der Waals surface area (Å²) in [5.41, 5.74) is 1.28. The zero-order valence-electron chi connectivity index (χ0n) is 13.6. The molecule has 2 aromatic heterocycles. The van der Waals surface area contributed by atoms with E-state index in [0.29, 0.717) is 16.7 Å². The third kappa shape index (κ3) is 2.91. The quantitative estimate of drug-likeness (QED) is 0.737. The van der Waals surface area contributed by atoms with Gasteiger partial charge in [0.1, 0.15) is 24.8 Å². The number of fused-ring (bicyclic) bond motifs is 1. The normalized spacial score (nSPS) is 22.6. The number of benzene rings is 1. The van der Waals surface area contributed by atoms with Crippen LogP contribution in [0.4, 0.5) is 10.2 Å². The molecular weight excluding hydrogens is 341 g/mol. The van der Waals surface area contributed by atoms with Gasteiger partial charge in [-0.25, -0.2) is 19.3 Å². The molecular formula is C17H16FN5O3. The van der Waals surface area contributed by atoms with E-state index < -0.39 is 25.1 Å². The molecule has 3 atom stereocenters. The van der Waals surface area contributed by atoms with Crippen LogP contribution in [0.2, 0.25) is 0 Å². The van der Waals surface area contributed by atoms with Gasteiger partial charge in [-0.15, -0.1) is 0 Å². The second kappa shape index (κ2) is 6.77. The van der Waals surface area contributed by atoms with Crippen molar-refractivity contribution < 1.29 is 19.0 Å². The van der Waals surface area contributed by atoms with Crippen molar-refractivity contribution in [2.24, 2.45) is 0 Å². The van der Waals surface area contributed by atoms with Crippen LogP contribution in [0.25, 0.3) is 11.2 Å². The van der Waals surface area contributed by atoms with Crippen molar-refractivity contribution in [3.05, 3.63) is 48.5 Å². The maximum absolute atomic E-state index is 13.9. The lowest BCUT2D eigenvalue weighted by molar-refractivity contribution is -0.0323. The molecule has 0 radical (unpaired) electrons. The molecule has 1 amide bonds. The van der Waals surface area contributed by atoms with E-state index in [2.05, 4.69) is 20.3 Å². The fourth-order valence-corrected chi connectivity index (χ4v) is 2.95. The molecule has 3 heterocycles. The summed E-state index contributed by atoms with van der Waals surface area (Å²) in [4.78, 5) is 24.8. The minimum atomic E-state index is -1.26. The molecule has 0 spiro atoms. The van der Waals surface area contributed by atoms with E-state index in [4.69, 9.17) is 9.84 Å². The van der Waals surface area contributed by atoms with Gasteiger partial charge in [0.05, 0.1) is 12.9 Å². The first-order valence-electron chi connectivity index (χ1n) is 8.11.